The summed E-state index contributed by atoms with van der Waals surface area (Å²) in [4.78, 5) is 17.0. The number of benzene rings is 2. The number of hydrogen-bond acceptors (Lipinski definition) is 5. The van der Waals surface area contributed by atoms with Gasteiger partial charge in [-0.2, -0.15) is 13.2 Å². The van der Waals surface area contributed by atoms with Gasteiger partial charge in [-0.25, -0.2) is 4.68 Å². The molecule has 0 radical (unpaired) electrons. The third-order valence-corrected chi connectivity index (χ3v) is 4.90. The van der Waals surface area contributed by atoms with Crippen molar-refractivity contribution in [1.29, 1.82) is 0 Å². The van der Waals surface area contributed by atoms with Crippen molar-refractivity contribution < 1.29 is 22.7 Å². The monoisotopic (exact) mass is 453 g/mol. The van der Waals surface area contributed by atoms with Crippen molar-refractivity contribution in [3.63, 3.8) is 0 Å². The molecule has 2 heterocycles. The van der Waals surface area contributed by atoms with Crippen LogP contribution in [0.15, 0.2) is 73.1 Å². The standard InChI is InChI=1S/C23H18F3N5O2/c1-33-18-7-4-6-17(13-18)31-21(15-9-11-27-12-10-15)20(29-30-31)22(32)28-14-16-5-2-3-8-19(16)23(24,25)26/h2-13H,14H2,1H3,(H,28,32). The number of halogens is 3. The fourth-order valence-corrected chi connectivity index (χ4v) is 3.34. The molecule has 0 bridgehead atoms. The van der Waals surface area contributed by atoms with Crippen molar-refractivity contribution >= 4 is 5.91 Å². The zero-order chi connectivity index (χ0) is 23.4. The lowest BCUT2D eigenvalue weighted by atomic mass is 10.1. The number of hydrogen-bond donors (Lipinski definition) is 1. The van der Waals surface area contributed by atoms with Crippen LogP contribution in [-0.4, -0.2) is 33.0 Å². The number of methoxy groups -OCH3 is 1. The maximum absolute atomic E-state index is 13.3. The zero-order valence-corrected chi connectivity index (χ0v) is 17.4. The molecule has 33 heavy (non-hydrogen) atoms. The molecule has 2 aromatic carbocycles. The number of aromatic nitrogens is 4. The molecule has 0 atom stereocenters. The molecule has 1 N–H and O–H groups in total. The number of nitrogens with one attached hydrogen (secondary N) is 1. The highest BCUT2D eigenvalue weighted by atomic mass is 19.4. The fraction of sp³-hybridized carbons (Fsp3) is 0.130. The third kappa shape index (κ3) is 4.69. The van der Waals surface area contributed by atoms with Gasteiger partial charge in [0, 0.05) is 30.6 Å². The van der Waals surface area contributed by atoms with E-state index >= 15 is 0 Å². The number of amides is 1. The number of carbonyl (C=O) groups is 1. The summed E-state index contributed by atoms with van der Waals surface area (Å²) in [5, 5.41) is 10.7. The first-order valence-corrected chi connectivity index (χ1v) is 9.82. The van der Waals surface area contributed by atoms with Crippen molar-refractivity contribution in [2.45, 2.75) is 12.7 Å². The topological polar surface area (TPSA) is 81.9 Å². The molecule has 0 fully saturated rings. The van der Waals surface area contributed by atoms with E-state index in [0.717, 1.165) is 6.07 Å². The maximum Gasteiger partial charge on any atom is 0.416 e. The van der Waals surface area contributed by atoms with Gasteiger partial charge in [-0.05, 0) is 35.9 Å². The van der Waals surface area contributed by atoms with Gasteiger partial charge in [0.2, 0.25) is 0 Å². The Hall–Kier alpha value is -4.21. The Kier molecular flexibility index (Phi) is 6.07. The Morgan fingerprint density at radius 2 is 1.82 bits per heavy atom. The second kappa shape index (κ2) is 9.11. The van der Waals surface area contributed by atoms with Gasteiger partial charge in [0.15, 0.2) is 5.69 Å². The minimum absolute atomic E-state index is 0.0338. The van der Waals surface area contributed by atoms with E-state index in [-0.39, 0.29) is 17.8 Å². The van der Waals surface area contributed by atoms with Crippen LogP contribution in [0.5, 0.6) is 5.75 Å². The SMILES string of the molecule is COc1cccc(-n2nnc(C(=O)NCc3ccccc3C(F)(F)F)c2-c2ccncc2)c1. The molecule has 0 aliphatic carbocycles. The number of rotatable bonds is 6. The highest BCUT2D eigenvalue weighted by Crippen LogP contribution is 2.32. The van der Waals surface area contributed by atoms with Crippen LogP contribution in [0, 0.1) is 0 Å². The van der Waals surface area contributed by atoms with Gasteiger partial charge in [-0.3, -0.25) is 9.78 Å². The number of alkyl halides is 3. The number of ether oxygens (including phenoxy) is 1. The Morgan fingerprint density at radius 1 is 1.06 bits per heavy atom. The minimum Gasteiger partial charge on any atom is -0.497 e. The average molecular weight is 453 g/mol. The molecule has 0 aliphatic heterocycles. The van der Waals surface area contributed by atoms with E-state index in [1.165, 1.54) is 30.0 Å². The Labute approximate surface area is 186 Å². The van der Waals surface area contributed by atoms with E-state index in [1.807, 2.05) is 0 Å². The normalized spacial score (nSPS) is 11.3. The molecule has 2 aromatic heterocycles. The van der Waals surface area contributed by atoms with E-state index in [1.54, 1.807) is 48.8 Å². The van der Waals surface area contributed by atoms with Gasteiger partial charge in [-0.15, -0.1) is 5.10 Å². The molecule has 4 rings (SSSR count). The van der Waals surface area contributed by atoms with Gasteiger partial charge < -0.3 is 10.1 Å². The Balaban J connectivity index is 1.70. The van der Waals surface area contributed by atoms with Crippen LogP contribution in [0.2, 0.25) is 0 Å². The molecule has 1 amide bonds. The van der Waals surface area contributed by atoms with E-state index in [2.05, 4.69) is 20.6 Å². The minimum atomic E-state index is -4.53. The smallest absolute Gasteiger partial charge is 0.416 e. The first kappa shape index (κ1) is 22.0. The predicted molar refractivity (Wildman–Crippen MR) is 114 cm³/mol. The van der Waals surface area contributed by atoms with Gasteiger partial charge in [0.1, 0.15) is 11.4 Å². The largest absolute Gasteiger partial charge is 0.497 e. The van der Waals surface area contributed by atoms with Crippen LogP contribution in [0.1, 0.15) is 21.6 Å². The summed E-state index contributed by atoms with van der Waals surface area (Å²) in [6, 6.07) is 15.5. The summed E-state index contributed by atoms with van der Waals surface area (Å²) < 4.78 is 46.6. The maximum atomic E-state index is 13.3. The molecule has 7 nitrogen and oxygen atoms in total. The molecule has 0 saturated carbocycles. The Bertz CT molecular complexity index is 1270. The van der Waals surface area contributed by atoms with Crippen molar-refractivity contribution in [1.82, 2.24) is 25.3 Å². The summed E-state index contributed by atoms with van der Waals surface area (Å²) >= 11 is 0. The van der Waals surface area contributed by atoms with Crippen molar-refractivity contribution in [2.75, 3.05) is 7.11 Å². The Morgan fingerprint density at radius 3 is 2.55 bits per heavy atom. The summed E-state index contributed by atoms with van der Waals surface area (Å²) in [6.45, 7) is -0.323. The summed E-state index contributed by atoms with van der Waals surface area (Å²) in [5.41, 5.74) is 0.679. The fourth-order valence-electron chi connectivity index (χ4n) is 3.34. The number of pyridine rings is 1. The van der Waals surface area contributed by atoms with Crippen LogP contribution < -0.4 is 10.1 Å². The summed E-state index contributed by atoms with van der Waals surface area (Å²) in [5.74, 6) is -0.0774. The van der Waals surface area contributed by atoms with E-state index in [9.17, 15) is 18.0 Å². The molecule has 10 heteroatoms. The number of carbonyl (C=O) groups excluding carboxylic acids is 1. The summed E-state index contributed by atoms with van der Waals surface area (Å²) in [7, 11) is 1.53. The van der Waals surface area contributed by atoms with Gasteiger partial charge in [-0.1, -0.05) is 29.5 Å². The van der Waals surface area contributed by atoms with Gasteiger partial charge in [0.25, 0.3) is 5.91 Å². The van der Waals surface area contributed by atoms with E-state index in [0.29, 0.717) is 22.7 Å². The molecular formula is C23H18F3N5O2. The molecule has 0 unspecified atom stereocenters. The van der Waals surface area contributed by atoms with Crippen LogP contribution in [-0.2, 0) is 12.7 Å². The second-order valence-corrected chi connectivity index (χ2v) is 6.97. The number of nitrogens with zero attached hydrogens (tertiary/aromatic N) is 4. The van der Waals surface area contributed by atoms with Crippen molar-refractivity contribution in [3.05, 3.63) is 89.9 Å². The first-order valence-electron chi connectivity index (χ1n) is 9.82. The summed E-state index contributed by atoms with van der Waals surface area (Å²) in [6.07, 6.45) is -1.42. The molecule has 4 aromatic rings. The highest BCUT2D eigenvalue weighted by Gasteiger charge is 2.33. The van der Waals surface area contributed by atoms with Crippen LogP contribution in [0.25, 0.3) is 16.9 Å². The van der Waals surface area contributed by atoms with E-state index < -0.39 is 17.6 Å². The first-order chi connectivity index (χ1) is 15.9. The van der Waals surface area contributed by atoms with Crippen LogP contribution in [0.3, 0.4) is 0 Å². The van der Waals surface area contributed by atoms with Crippen LogP contribution >= 0.6 is 0 Å². The van der Waals surface area contributed by atoms with Crippen LogP contribution in [0.4, 0.5) is 13.2 Å². The van der Waals surface area contributed by atoms with E-state index in [4.69, 9.17) is 4.74 Å². The molecule has 0 saturated heterocycles. The lowest BCUT2D eigenvalue weighted by Gasteiger charge is -2.13. The molecular weight excluding hydrogens is 435 g/mol. The average Bonchev–Trinajstić information content (AvgIpc) is 3.28. The van der Waals surface area contributed by atoms with Gasteiger partial charge >= 0.3 is 6.18 Å². The highest BCUT2D eigenvalue weighted by molar-refractivity contribution is 5.98. The molecule has 0 aliphatic rings. The van der Waals surface area contributed by atoms with Crippen molar-refractivity contribution in [2.24, 2.45) is 0 Å². The molecule has 168 valence electrons. The van der Waals surface area contributed by atoms with Crippen molar-refractivity contribution in [3.8, 4) is 22.7 Å². The molecule has 0 spiro atoms. The second-order valence-electron chi connectivity index (χ2n) is 6.97. The lowest BCUT2D eigenvalue weighted by molar-refractivity contribution is -0.138. The van der Waals surface area contributed by atoms with Gasteiger partial charge in [0.05, 0.1) is 18.4 Å². The predicted octanol–water partition coefficient (Wildman–Crippen LogP) is 4.29. The third-order valence-electron chi connectivity index (χ3n) is 4.90. The lowest BCUT2D eigenvalue weighted by Crippen LogP contribution is -2.25. The quantitative estimate of drug-likeness (QED) is 0.471. The zero-order valence-electron chi connectivity index (χ0n) is 17.4.